The van der Waals surface area contributed by atoms with Gasteiger partial charge in [-0.2, -0.15) is 0 Å². The summed E-state index contributed by atoms with van der Waals surface area (Å²) in [4.78, 5) is 29.4. The normalized spacial score (nSPS) is 20.9. The van der Waals surface area contributed by atoms with Crippen LogP contribution in [-0.2, 0) is 16.1 Å². The molecule has 2 amide bonds. The lowest BCUT2D eigenvalue weighted by Crippen LogP contribution is -2.39. The minimum atomic E-state index is -0.288. The van der Waals surface area contributed by atoms with E-state index in [-0.39, 0.29) is 30.2 Å². The second-order valence-corrected chi connectivity index (χ2v) is 8.18. The Hall–Kier alpha value is -2.60. The highest BCUT2D eigenvalue weighted by Gasteiger charge is 2.35. The van der Waals surface area contributed by atoms with Gasteiger partial charge in [0.2, 0.25) is 11.8 Å². The zero-order valence-corrected chi connectivity index (χ0v) is 17.0. The standard InChI is InChI=1S/C23H29N3O3/c1-17-6-8-18(9-7-17)15-26-16-19(13-22(26)27)23(28)24-14-20(21-5-4-12-29-21)25-10-2-3-11-25/h4-9,12,19-20H,2-3,10-11,13-16H2,1H3,(H,24,28). The predicted molar refractivity (Wildman–Crippen MR) is 110 cm³/mol. The summed E-state index contributed by atoms with van der Waals surface area (Å²) in [6.45, 7) is 5.64. The highest BCUT2D eigenvalue weighted by atomic mass is 16.3. The molecule has 154 valence electrons. The van der Waals surface area contributed by atoms with Crippen LogP contribution in [0.4, 0.5) is 0 Å². The molecule has 2 saturated heterocycles. The van der Waals surface area contributed by atoms with Crippen molar-refractivity contribution in [3.05, 3.63) is 59.5 Å². The quantitative estimate of drug-likeness (QED) is 0.783. The third-order valence-corrected chi connectivity index (χ3v) is 6.00. The van der Waals surface area contributed by atoms with Crippen molar-refractivity contribution in [3.63, 3.8) is 0 Å². The first-order valence-corrected chi connectivity index (χ1v) is 10.5. The highest BCUT2D eigenvalue weighted by Crippen LogP contribution is 2.26. The maximum atomic E-state index is 12.8. The fourth-order valence-electron chi connectivity index (χ4n) is 4.30. The summed E-state index contributed by atoms with van der Waals surface area (Å²) in [6.07, 6.45) is 4.32. The van der Waals surface area contributed by atoms with E-state index in [1.165, 1.54) is 18.4 Å². The van der Waals surface area contributed by atoms with Crippen molar-refractivity contribution in [2.45, 2.75) is 38.8 Å². The summed E-state index contributed by atoms with van der Waals surface area (Å²) in [5.74, 6) is 0.604. The number of nitrogens with one attached hydrogen (secondary N) is 1. The number of hydrogen-bond acceptors (Lipinski definition) is 4. The summed E-state index contributed by atoms with van der Waals surface area (Å²) < 4.78 is 5.62. The molecule has 1 aromatic heterocycles. The van der Waals surface area contributed by atoms with Crippen molar-refractivity contribution in [1.29, 1.82) is 0 Å². The molecular weight excluding hydrogens is 366 g/mol. The minimum absolute atomic E-state index is 0.0412. The van der Waals surface area contributed by atoms with Crippen LogP contribution in [-0.4, -0.2) is 47.8 Å². The second-order valence-electron chi connectivity index (χ2n) is 8.18. The van der Waals surface area contributed by atoms with E-state index in [9.17, 15) is 9.59 Å². The maximum Gasteiger partial charge on any atom is 0.225 e. The topological polar surface area (TPSA) is 65.8 Å². The molecule has 0 radical (unpaired) electrons. The van der Waals surface area contributed by atoms with Gasteiger partial charge >= 0.3 is 0 Å². The Kier molecular flexibility index (Phi) is 6.00. The van der Waals surface area contributed by atoms with Crippen molar-refractivity contribution in [2.24, 2.45) is 5.92 Å². The predicted octanol–water partition coefficient (Wildman–Crippen LogP) is 2.89. The highest BCUT2D eigenvalue weighted by molar-refractivity contribution is 5.89. The lowest BCUT2D eigenvalue weighted by Gasteiger charge is -2.26. The number of rotatable bonds is 7. The van der Waals surface area contributed by atoms with Crippen LogP contribution in [0.15, 0.2) is 47.1 Å². The van der Waals surface area contributed by atoms with Gasteiger partial charge < -0.3 is 14.6 Å². The van der Waals surface area contributed by atoms with E-state index in [1.54, 1.807) is 11.2 Å². The number of amides is 2. The number of nitrogens with zero attached hydrogens (tertiary/aromatic N) is 2. The van der Waals surface area contributed by atoms with E-state index < -0.39 is 0 Å². The molecule has 6 nitrogen and oxygen atoms in total. The van der Waals surface area contributed by atoms with Crippen molar-refractivity contribution in [2.75, 3.05) is 26.2 Å². The Bertz CT molecular complexity index is 826. The van der Waals surface area contributed by atoms with Crippen molar-refractivity contribution in [1.82, 2.24) is 15.1 Å². The maximum absolute atomic E-state index is 12.8. The van der Waals surface area contributed by atoms with E-state index >= 15 is 0 Å². The van der Waals surface area contributed by atoms with Gasteiger partial charge in [0, 0.05) is 26.1 Å². The molecular formula is C23H29N3O3. The molecule has 0 bridgehead atoms. The fourth-order valence-corrected chi connectivity index (χ4v) is 4.30. The Morgan fingerprint density at radius 3 is 2.66 bits per heavy atom. The van der Waals surface area contributed by atoms with Crippen LogP contribution >= 0.6 is 0 Å². The van der Waals surface area contributed by atoms with Gasteiger partial charge in [0.15, 0.2) is 0 Å². The number of likely N-dealkylation sites (tertiary alicyclic amines) is 2. The van der Waals surface area contributed by atoms with E-state index in [2.05, 4.69) is 10.2 Å². The fraction of sp³-hybridized carbons (Fsp3) is 0.478. The molecule has 2 unspecified atom stereocenters. The van der Waals surface area contributed by atoms with Crippen LogP contribution in [0.25, 0.3) is 0 Å². The lowest BCUT2D eigenvalue weighted by atomic mass is 10.1. The number of benzene rings is 1. The molecule has 6 heteroatoms. The Morgan fingerprint density at radius 1 is 1.21 bits per heavy atom. The van der Waals surface area contributed by atoms with Gasteiger partial charge in [-0.1, -0.05) is 29.8 Å². The molecule has 3 heterocycles. The summed E-state index contributed by atoms with van der Waals surface area (Å²) in [6, 6.07) is 12.1. The molecule has 2 aliphatic rings. The van der Waals surface area contributed by atoms with Gasteiger partial charge in [-0.25, -0.2) is 0 Å². The molecule has 0 spiro atoms. The Balaban J connectivity index is 1.33. The van der Waals surface area contributed by atoms with Gasteiger partial charge in [-0.05, 0) is 50.6 Å². The van der Waals surface area contributed by atoms with Gasteiger partial charge in [0.05, 0.1) is 18.2 Å². The van der Waals surface area contributed by atoms with Crippen molar-refractivity contribution < 1.29 is 14.0 Å². The first-order chi connectivity index (χ1) is 14.1. The molecule has 2 fully saturated rings. The summed E-state index contributed by atoms with van der Waals surface area (Å²) in [7, 11) is 0. The number of carbonyl (C=O) groups excluding carboxylic acids is 2. The van der Waals surface area contributed by atoms with Crippen LogP contribution < -0.4 is 5.32 Å². The van der Waals surface area contributed by atoms with Crippen molar-refractivity contribution in [3.8, 4) is 0 Å². The lowest BCUT2D eigenvalue weighted by molar-refractivity contribution is -0.129. The number of aryl methyl sites for hydroxylation is 1. The second kappa shape index (κ2) is 8.82. The zero-order valence-electron chi connectivity index (χ0n) is 17.0. The first kappa shape index (κ1) is 19.7. The number of carbonyl (C=O) groups is 2. The van der Waals surface area contributed by atoms with Gasteiger partial charge in [-0.15, -0.1) is 0 Å². The molecule has 1 aromatic carbocycles. The number of hydrogen-bond donors (Lipinski definition) is 1. The summed E-state index contributed by atoms with van der Waals surface area (Å²) >= 11 is 0. The van der Waals surface area contributed by atoms with E-state index in [0.717, 1.165) is 24.4 Å². The molecule has 0 aliphatic carbocycles. The Morgan fingerprint density at radius 2 is 1.97 bits per heavy atom. The Labute approximate surface area is 171 Å². The first-order valence-electron chi connectivity index (χ1n) is 10.5. The molecule has 1 N–H and O–H groups in total. The van der Waals surface area contributed by atoms with Gasteiger partial charge in [0.25, 0.3) is 0 Å². The third kappa shape index (κ3) is 4.70. The number of furan rings is 1. The summed E-state index contributed by atoms with van der Waals surface area (Å²) in [5, 5.41) is 3.08. The van der Waals surface area contributed by atoms with Crippen molar-refractivity contribution >= 4 is 11.8 Å². The molecule has 2 aliphatic heterocycles. The van der Waals surface area contributed by atoms with Gasteiger partial charge in [0.1, 0.15) is 5.76 Å². The average Bonchev–Trinajstić information content (AvgIpc) is 3.47. The van der Waals surface area contributed by atoms with Crippen LogP contribution in [0.3, 0.4) is 0 Å². The van der Waals surface area contributed by atoms with Crippen LogP contribution in [0, 0.1) is 12.8 Å². The van der Waals surface area contributed by atoms with E-state index in [1.807, 2.05) is 43.3 Å². The zero-order chi connectivity index (χ0) is 20.2. The SMILES string of the molecule is Cc1ccc(CN2CC(C(=O)NCC(c3ccco3)N3CCCC3)CC2=O)cc1. The third-order valence-electron chi connectivity index (χ3n) is 6.00. The van der Waals surface area contributed by atoms with Crippen LogP contribution in [0.2, 0.25) is 0 Å². The molecule has 2 atom stereocenters. The smallest absolute Gasteiger partial charge is 0.225 e. The van der Waals surface area contributed by atoms with Crippen LogP contribution in [0.5, 0.6) is 0 Å². The van der Waals surface area contributed by atoms with Crippen LogP contribution in [0.1, 0.15) is 42.2 Å². The van der Waals surface area contributed by atoms with Gasteiger partial charge in [-0.3, -0.25) is 14.5 Å². The monoisotopic (exact) mass is 395 g/mol. The van der Waals surface area contributed by atoms with E-state index in [0.29, 0.717) is 19.6 Å². The largest absolute Gasteiger partial charge is 0.468 e. The minimum Gasteiger partial charge on any atom is -0.468 e. The summed E-state index contributed by atoms with van der Waals surface area (Å²) in [5.41, 5.74) is 2.29. The molecule has 29 heavy (non-hydrogen) atoms. The molecule has 0 saturated carbocycles. The molecule has 4 rings (SSSR count). The average molecular weight is 396 g/mol. The molecule has 2 aromatic rings. The van der Waals surface area contributed by atoms with E-state index in [4.69, 9.17) is 4.42 Å².